The molecule has 1 N–H and O–H groups in total. The number of likely N-dealkylation sites (tertiary alicyclic amines) is 4. The summed E-state index contributed by atoms with van der Waals surface area (Å²) in [6.45, 7) is 34.3. The van der Waals surface area contributed by atoms with Crippen molar-refractivity contribution in [3.8, 4) is 34.3 Å². The first-order chi connectivity index (χ1) is 39.8. The van der Waals surface area contributed by atoms with Gasteiger partial charge in [-0.2, -0.15) is 0 Å². The Balaban J connectivity index is 0.000000200. The number of aryl methyl sites for hydroxylation is 5. The molecule has 18 nitrogen and oxygen atoms in total. The summed E-state index contributed by atoms with van der Waals surface area (Å²) in [7, 11) is 1.99. The molecule has 6 aliphatic heterocycles. The molecule has 83 heavy (non-hydrogen) atoms. The Bertz CT molecular complexity index is 2800. The molecule has 0 spiro atoms. The smallest absolute Gasteiger partial charge is 0.236 e. The van der Waals surface area contributed by atoms with Crippen LogP contribution in [0.5, 0.6) is 11.8 Å². The summed E-state index contributed by atoms with van der Waals surface area (Å²) in [5.41, 5.74) is 10.1. The number of amides is 4. The highest BCUT2D eigenvalue weighted by Crippen LogP contribution is 2.35. The van der Waals surface area contributed by atoms with Crippen molar-refractivity contribution < 1.29 is 28.7 Å². The molecule has 4 aromatic rings. The normalized spacial score (nSPS) is 18.8. The standard InChI is InChI=1S/C33H50N6O3.C32H48N6O3/c1-25-20-26(2)22-27(21-25)30-28(10-15-36-16-18-37(19-17-36)23-29(40)38-11-6-7-12-38)31(34-35(30)5)42-24-33(3,4)32(41)39-13-8-9-14-39;1-24-19-25(2)21-26(20-24)29-27(30(34-33-29)41-23-32(3,4)31(40)38-12-7-8-13-38)9-14-35-15-17-36(18-16-35)22-28(39)37-10-5-6-11-37/h20-22H,6-19,23-24H2,1-5H3;19-21H,5-18,22-23H2,1-4H3,(H,33,34). The van der Waals surface area contributed by atoms with Crippen molar-refractivity contribution in [2.45, 2.75) is 120 Å². The molecule has 0 radical (unpaired) electrons. The van der Waals surface area contributed by atoms with Crippen LogP contribution in [0.15, 0.2) is 36.4 Å². The number of nitrogens with zero attached hydrogens (tertiary/aromatic N) is 11. The summed E-state index contributed by atoms with van der Waals surface area (Å²) in [5, 5.41) is 12.7. The van der Waals surface area contributed by atoms with Crippen LogP contribution in [0.4, 0.5) is 0 Å². The minimum Gasteiger partial charge on any atom is -0.475 e. The lowest BCUT2D eigenvalue weighted by Crippen LogP contribution is -2.50. The van der Waals surface area contributed by atoms with Crippen molar-refractivity contribution in [2.24, 2.45) is 17.9 Å². The maximum atomic E-state index is 13.2. The van der Waals surface area contributed by atoms with E-state index >= 15 is 0 Å². The quantitative estimate of drug-likeness (QED) is 0.0966. The Hall–Kier alpha value is -5.82. The van der Waals surface area contributed by atoms with Crippen LogP contribution in [0.25, 0.3) is 22.5 Å². The number of hydrogen-bond donors (Lipinski definition) is 1. The van der Waals surface area contributed by atoms with Gasteiger partial charge in [-0.1, -0.05) is 34.4 Å². The van der Waals surface area contributed by atoms with E-state index in [4.69, 9.17) is 14.6 Å². The average Bonchev–Trinajstić information content (AvgIpc) is 4.47. The summed E-state index contributed by atoms with van der Waals surface area (Å²) in [4.78, 5) is 69.2. The fraction of sp³-hybridized carbons (Fsp3) is 0.662. The maximum absolute atomic E-state index is 13.2. The predicted molar refractivity (Wildman–Crippen MR) is 327 cm³/mol. The molecular weight excluding hydrogens is 1040 g/mol. The fourth-order valence-corrected chi connectivity index (χ4v) is 13.1. The molecule has 0 bridgehead atoms. The summed E-state index contributed by atoms with van der Waals surface area (Å²) >= 11 is 0. The van der Waals surface area contributed by atoms with Crippen molar-refractivity contribution in [1.29, 1.82) is 0 Å². The van der Waals surface area contributed by atoms with Crippen LogP contribution in [0, 0.1) is 38.5 Å². The van der Waals surface area contributed by atoms with Crippen LogP contribution >= 0.6 is 0 Å². The molecule has 0 atom stereocenters. The third-order valence-corrected chi connectivity index (χ3v) is 17.9. The molecule has 0 unspecified atom stereocenters. The van der Waals surface area contributed by atoms with E-state index in [2.05, 4.69) is 93.9 Å². The summed E-state index contributed by atoms with van der Waals surface area (Å²) in [6.07, 6.45) is 10.4. The molecule has 454 valence electrons. The van der Waals surface area contributed by atoms with Gasteiger partial charge in [0.1, 0.15) is 13.2 Å². The topological polar surface area (TPSA) is 159 Å². The third kappa shape index (κ3) is 16.1. The Morgan fingerprint density at radius 2 is 0.831 bits per heavy atom. The van der Waals surface area contributed by atoms with Gasteiger partial charge in [-0.3, -0.25) is 38.8 Å². The van der Waals surface area contributed by atoms with E-state index in [0.717, 1.165) is 216 Å². The van der Waals surface area contributed by atoms with E-state index in [1.807, 2.05) is 59.0 Å². The van der Waals surface area contributed by atoms with Crippen LogP contribution in [-0.4, -0.2) is 227 Å². The lowest BCUT2D eigenvalue weighted by molar-refractivity contribution is -0.141. The number of H-pyrrole nitrogens is 1. The van der Waals surface area contributed by atoms with Gasteiger partial charge >= 0.3 is 0 Å². The monoisotopic (exact) mass is 1140 g/mol. The van der Waals surface area contributed by atoms with Crippen LogP contribution in [-0.2, 0) is 39.1 Å². The molecule has 8 heterocycles. The Morgan fingerprint density at radius 3 is 1.25 bits per heavy atom. The van der Waals surface area contributed by atoms with Crippen LogP contribution in [0.1, 0.15) is 112 Å². The van der Waals surface area contributed by atoms with E-state index in [0.29, 0.717) is 31.5 Å². The van der Waals surface area contributed by atoms with Gasteiger partial charge in [0.2, 0.25) is 35.4 Å². The zero-order chi connectivity index (χ0) is 58.8. The van der Waals surface area contributed by atoms with E-state index in [9.17, 15) is 19.2 Å². The van der Waals surface area contributed by atoms with Crippen molar-refractivity contribution in [2.75, 3.05) is 144 Å². The number of nitrogens with one attached hydrogen (secondary N) is 1. The molecule has 18 heteroatoms. The molecular formula is C65H98N12O6. The van der Waals surface area contributed by atoms with Gasteiger partial charge in [0.25, 0.3) is 0 Å². The van der Waals surface area contributed by atoms with Crippen molar-refractivity contribution in [3.05, 3.63) is 69.8 Å². The second-order valence-corrected chi connectivity index (χ2v) is 26.1. The largest absolute Gasteiger partial charge is 0.475 e. The van der Waals surface area contributed by atoms with Gasteiger partial charge in [-0.15, -0.1) is 10.2 Å². The minimum atomic E-state index is -0.623. The molecule has 2 aromatic heterocycles. The van der Waals surface area contributed by atoms with Gasteiger partial charge in [-0.05, 0) is 144 Å². The highest BCUT2D eigenvalue weighted by molar-refractivity contribution is 5.83. The molecule has 6 aliphatic rings. The van der Waals surface area contributed by atoms with Gasteiger partial charge in [0, 0.05) is 147 Å². The average molecular weight is 1140 g/mol. The number of hydrogen-bond acceptors (Lipinski definition) is 12. The van der Waals surface area contributed by atoms with Crippen molar-refractivity contribution >= 4 is 23.6 Å². The lowest BCUT2D eigenvalue weighted by atomic mass is 9.93. The second-order valence-electron chi connectivity index (χ2n) is 26.1. The van der Waals surface area contributed by atoms with E-state index in [1.54, 1.807) is 0 Å². The highest BCUT2D eigenvalue weighted by Gasteiger charge is 2.37. The van der Waals surface area contributed by atoms with E-state index < -0.39 is 10.8 Å². The summed E-state index contributed by atoms with van der Waals surface area (Å²) in [6, 6.07) is 13.2. The van der Waals surface area contributed by atoms with Crippen LogP contribution in [0.2, 0.25) is 0 Å². The number of aromatic nitrogens is 4. The van der Waals surface area contributed by atoms with Crippen LogP contribution in [0.3, 0.4) is 0 Å². The first-order valence-corrected chi connectivity index (χ1v) is 31.4. The fourth-order valence-electron chi connectivity index (χ4n) is 13.1. The van der Waals surface area contributed by atoms with Gasteiger partial charge in [-0.25, -0.2) is 0 Å². The first-order valence-electron chi connectivity index (χ1n) is 31.4. The predicted octanol–water partition coefficient (Wildman–Crippen LogP) is 7.02. The first kappa shape index (κ1) is 61.7. The Kier molecular flexibility index (Phi) is 20.8. The Morgan fingerprint density at radius 1 is 0.470 bits per heavy atom. The zero-order valence-corrected chi connectivity index (χ0v) is 52.0. The van der Waals surface area contributed by atoms with Gasteiger partial charge in [0.15, 0.2) is 0 Å². The van der Waals surface area contributed by atoms with E-state index in [1.165, 1.54) is 22.3 Å². The zero-order valence-electron chi connectivity index (χ0n) is 52.0. The highest BCUT2D eigenvalue weighted by atomic mass is 16.5. The molecule has 6 saturated heterocycles. The van der Waals surface area contributed by atoms with Crippen LogP contribution < -0.4 is 9.47 Å². The molecule has 0 saturated carbocycles. The molecule has 0 aliphatic carbocycles. The van der Waals surface area contributed by atoms with Gasteiger partial charge < -0.3 is 38.9 Å². The number of benzene rings is 2. The number of rotatable bonds is 20. The Labute approximate surface area is 495 Å². The molecule has 10 rings (SSSR count). The number of ether oxygens (including phenoxy) is 2. The molecule has 6 fully saturated rings. The third-order valence-electron chi connectivity index (χ3n) is 17.9. The molecule has 4 amide bonds. The number of piperazine rings is 2. The van der Waals surface area contributed by atoms with Gasteiger partial charge in [0.05, 0.1) is 35.3 Å². The SMILES string of the molecule is Cc1cc(C)cc(-c2[nH]nc(OCC(C)(C)C(=O)N3CCCC3)c2CCN2CCN(CC(=O)N3CCCC3)CC2)c1.Cc1cc(C)cc(-c2c(CCN3CCN(CC(=O)N4CCCC4)CC3)c(OCC(C)(C)C(=O)N3CCCC3)nn2C)c1. The summed E-state index contributed by atoms with van der Waals surface area (Å²) < 4.78 is 14.7. The second kappa shape index (κ2) is 27.9. The lowest BCUT2D eigenvalue weighted by Gasteiger charge is -2.35. The minimum absolute atomic E-state index is 0.155. The number of carbonyl (C=O) groups is 4. The van der Waals surface area contributed by atoms with E-state index in [-0.39, 0.29) is 30.2 Å². The summed E-state index contributed by atoms with van der Waals surface area (Å²) in [5.74, 6) is 2.10. The number of carbonyl (C=O) groups excluding carboxylic acids is 4. The van der Waals surface area contributed by atoms with Crippen molar-refractivity contribution in [3.63, 3.8) is 0 Å². The number of aromatic amines is 1. The maximum Gasteiger partial charge on any atom is 0.236 e. The van der Waals surface area contributed by atoms with Crippen molar-refractivity contribution in [1.82, 2.24) is 59.2 Å². The molecule has 2 aromatic carbocycles.